The molecule has 2 saturated carbocycles. The van der Waals surface area contributed by atoms with Gasteiger partial charge in [0.05, 0.1) is 12.6 Å². The van der Waals surface area contributed by atoms with Crippen molar-refractivity contribution < 1.29 is 14.3 Å². The van der Waals surface area contributed by atoms with Crippen molar-refractivity contribution in [1.29, 1.82) is 0 Å². The lowest BCUT2D eigenvalue weighted by molar-refractivity contribution is -0.157. The van der Waals surface area contributed by atoms with Crippen LogP contribution < -0.4 is 16.0 Å². The molecule has 2 fully saturated rings. The molecule has 1 aromatic carbocycles. The maximum absolute atomic E-state index is 12.2. The smallest absolute Gasteiger partial charge is 0.251 e. The van der Waals surface area contributed by atoms with Crippen molar-refractivity contribution in [2.24, 2.45) is 5.41 Å². The number of rotatable bonds is 7. The Bertz CT molecular complexity index is 643. The third-order valence-electron chi connectivity index (χ3n) is 5.59. The van der Waals surface area contributed by atoms with Gasteiger partial charge in [0.25, 0.3) is 5.91 Å². The Morgan fingerprint density at radius 1 is 1.32 bits per heavy atom. The van der Waals surface area contributed by atoms with E-state index in [1.807, 2.05) is 25.1 Å². The third-order valence-corrected chi connectivity index (χ3v) is 5.59. The summed E-state index contributed by atoms with van der Waals surface area (Å²) in [7, 11) is 1.55. The predicted octanol–water partition coefficient (Wildman–Crippen LogP) is 1.92. The number of benzene rings is 1. The third kappa shape index (κ3) is 3.49. The Morgan fingerprint density at radius 2 is 2.12 bits per heavy atom. The van der Waals surface area contributed by atoms with Crippen molar-refractivity contribution in [2.75, 3.05) is 25.5 Å². The molecular weight excluding hydrogens is 318 g/mol. The molecule has 6 heteroatoms. The SMILES string of the molecule is CCOC1CC(Nc2cccc(C(=O)NCC(=O)NC)c2)C12CCC2. The van der Waals surface area contributed by atoms with Gasteiger partial charge in [-0.1, -0.05) is 12.5 Å². The zero-order chi connectivity index (χ0) is 17.9. The van der Waals surface area contributed by atoms with Crippen LogP contribution in [0.25, 0.3) is 0 Å². The molecule has 0 radical (unpaired) electrons. The zero-order valence-electron chi connectivity index (χ0n) is 14.9. The van der Waals surface area contributed by atoms with E-state index in [1.165, 1.54) is 19.3 Å². The molecule has 3 N–H and O–H groups in total. The molecule has 136 valence electrons. The lowest BCUT2D eigenvalue weighted by Gasteiger charge is -2.61. The van der Waals surface area contributed by atoms with Crippen LogP contribution in [-0.4, -0.2) is 44.2 Å². The standard InChI is InChI=1S/C19H27N3O3/c1-3-25-16-11-15(19(16)8-5-9-19)22-14-7-4-6-13(10-14)18(24)21-12-17(23)20-2/h4,6-7,10,15-16,22H,3,5,8-9,11-12H2,1-2H3,(H,20,23)(H,21,24). The Balaban J connectivity index is 1.61. The fourth-order valence-corrected chi connectivity index (χ4v) is 3.94. The number of likely N-dealkylation sites (N-methyl/N-ethyl adjacent to an activating group) is 1. The van der Waals surface area contributed by atoms with Crippen molar-refractivity contribution >= 4 is 17.5 Å². The molecule has 25 heavy (non-hydrogen) atoms. The van der Waals surface area contributed by atoms with Crippen LogP contribution in [0.1, 0.15) is 43.0 Å². The Morgan fingerprint density at radius 3 is 2.76 bits per heavy atom. The summed E-state index contributed by atoms with van der Waals surface area (Å²) >= 11 is 0. The van der Waals surface area contributed by atoms with Crippen LogP contribution in [-0.2, 0) is 9.53 Å². The first-order chi connectivity index (χ1) is 12.1. The maximum atomic E-state index is 12.2. The highest BCUT2D eigenvalue weighted by atomic mass is 16.5. The highest BCUT2D eigenvalue weighted by Crippen LogP contribution is 2.58. The molecular formula is C19H27N3O3. The van der Waals surface area contributed by atoms with E-state index in [2.05, 4.69) is 16.0 Å². The predicted molar refractivity (Wildman–Crippen MR) is 96.6 cm³/mol. The average molecular weight is 345 g/mol. The number of nitrogens with one attached hydrogen (secondary N) is 3. The van der Waals surface area contributed by atoms with E-state index in [1.54, 1.807) is 13.1 Å². The second-order valence-corrected chi connectivity index (χ2v) is 6.90. The summed E-state index contributed by atoms with van der Waals surface area (Å²) in [5, 5.41) is 8.70. The van der Waals surface area contributed by atoms with Crippen molar-refractivity contribution in [3.05, 3.63) is 29.8 Å². The minimum atomic E-state index is -0.244. The molecule has 1 spiro atoms. The van der Waals surface area contributed by atoms with Gasteiger partial charge in [-0.3, -0.25) is 9.59 Å². The van der Waals surface area contributed by atoms with Crippen LogP contribution >= 0.6 is 0 Å². The van der Waals surface area contributed by atoms with Crippen LogP contribution in [0, 0.1) is 5.41 Å². The van der Waals surface area contributed by atoms with Crippen molar-refractivity contribution in [3.8, 4) is 0 Å². The second-order valence-electron chi connectivity index (χ2n) is 6.90. The van der Waals surface area contributed by atoms with Crippen LogP contribution in [0.3, 0.4) is 0 Å². The summed E-state index contributed by atoms with van der Waals surface area (Å²) in [4.78, 5) is 23.4. The number of hydrogen-bond acceptors (Lipinski definition) is 4. The fraction of sp³-hybridized carbons (Fsp3) is 0.579. The van der Waals surface area contributed by atoms with Gasteiger partial charge >= 0.3 is 0 Å². The van der Waals surface area contributed by atoms with Crippen molar-refractivity contribution in [1.82, 2.24) is 10.6 Å². The van der Waals surface area contributed by atoms with Gasteiger partial charge in [0, 0.05) is 36.4 Å². The van der Waals surface area contributed by atoms with E-state index in [0.29, 0.717) is 17.7 Å². The highest BCUT2D eigenvalue weighted by molar-refractivity contribution is 5.97. The van der Waals surface area contributed by atoms with Crippen LogP contribution in [0.5, 0.6) is 0 Å². The minimum Gasteiger partial charge on any atom is -0.382 e. The molecule has 2 aliphatic carbocycles. The van der Waals surface area contributed by atoms with E-state index < -0.39 is 0 Å². The molecule has 0 aromatic heterocycles. The first kappa shape index (κ1) is 17.7. The number of carbonyl (C=O) groups is 2. The molecule has 2 aliphatic rings. The van der Waals surface area contributed by atoms with Crippen molar-refractivity contribution in [3.63, 3.8) is 0 Å². The lowest BCUT2D eigenvalue weighted by atomic mass is 9.51. The Kier molecular flexibility index (Phi) is 5.27. The van der Waals surface area contributed by atoms with Gasteiger partial charge < -0.3 is 20.7 Å². The van der Waals surface area contributed by atoms with E-state index in [-0.39, 0.29) is 23.8 Å². The quantitative estimate of drug-likeness (QED) is 0.705. The summed E-state index contributed by atoms with van der Waals surface area (Å²) in [6.07, 6.45) is 5.07. The second kappa shape index (κ2) is 7.44. The fourth-order valence-electron chi connectivity index (χ4n) is 3.94. The van der Waals surface area contributed by atoms with Gasteiger partial charge in [-0.2, -0.15) is 0 Å². The summed E-state index contributed by atoms with van der Waals surface area (Å²) in [6.45, 7) is 2.79. The zero-order valence-corrected chi connectivity index (χ0v) is 14.9. The van der Waals surface area contributed by atoms with Gasteiger partial charge in [-0.25, -0.2) is 0 Å². The normalized spacial score (nSPS) is 23.3. The van der Waals surface area contributed by atoms with Gasteiger partial charge in [0.2, 0.25) is 5.91 Å². The number of amides is 2. The van der Waals surface area contributed by atoms with E-state index in [4.69, 9.17) is 4.74 Å². The monoisotopic (exact) mass is 345 g/mol. The summed E-state index contributed by atoms with van der Waals surface area (Å²) in [6, 6.07) is 7.85. The number of anilines is 1. The Labute approximate surface area is 148 Å². The van der Waals surface area contributed by atoms with Gasteiger partial charge in [0.15, 0.2) is 0 Å². The molecule has 6 nitrogen and oxygen atoms in total. The van der Waals surface area contributed by atoms with Crippen LogP contribution in [0.15, 0.2) is 24.3 Å². The Hall–Kier alpha value is -2.08. The van der Waals surface area contributed by atoms with E-state index in [9.17, 15) is 9.59 Å². The largest absolute Gasteiger partial charge is 0.382 e. The summed E-state index contributed by atoms with van der Waals surface area (Å²) in [5.74, 6) is -0.461. The molecule has 2 atom stereocenters. The van der Waals surface area contributed by atoms with Gasteiger partial charge in [-0.15, -0.1) is 0 Å². The molecule has 0 heterocycles. The molecule has 0 bridgehead atoms. The first-order valence-electron chi connectivity index (χ1n) is 9.06. The summed E-state index contributed by atoms with van der Waals surface area (Å²) < 4.78 is 5.89. The maximum Gasteiger partial charge on any atom is 0.251 e. The molecule has 0 saturated heterocycles. The number of carbonyl (C=O) groups excluding carboxylic acids is 2. The van der Waals surface area contributed by atoms with Crippen molar-refractivity contribution in [2.45, 2.75) is 44.8 Å². The lowest BCUT2D eigenvalue weighted by Crippen LogP contribution is -2.64. The number of hydrogen-bond donors (Lipinski definition) is 3. The van der Waals surface area contributed by atoms with Gasteiger partial charge in [0.1, 0.15) is 0 Å². The average Bonchev–Trinajstić information content (AvgIpc) is 2.57. The minimum absolute atomic E-state index is 0.0191. The van der Waals surface area contributed by atoms with Crippen LogP contribution in [0.4, 0.5) is 5.69 Å². The van der Waals surface area contributed by atoms with E-state index >= 15 is 0 Å². The first-order valence-corrected chi connectivity index (χ1v) is 9.06. The molecule has 1 aromatic rings. The van der Waals surface area contributed by atoms with Crippen LogP contribution in [0.2, 0.25) is 0 Å². The van der Waals surface area contributed by atoms with E-state index in [0.717, 1.165) is 18.7 Å². The number of ether oxygens (including phenoxy) is 1. The molecule has 0 aliphatic heterocycles. The topological polar surface area (TPSA) is 79.5 Å². The highest BCUT2D eigenvalue weighted by Gasteiger charge is 2.58. The van der Waals surface area contributed by atoms with Gasteiger partial charge in [-0.05, 0) is 44.4 Å². The summed E-state index contributed by atoms with van der Waals surface area (Å²) in [5.41, 5.74) is 1.77. The molecule has 2 amide bonds. The molecule has 3 rings (SSSR count). The molecule has 2 unspecified atom stereocenters.